The average Bonchev–Trinajstić information content (AvgIpc) is 3.26. The van der Waals surface area contributed by atoms with Crippen molar-refractivity contribution < 1.29 is 8.78 Å². The number of nitrogens with one attached hydrogen (secondary N) is 1. The van der Waals surface area contributed by atoms with Crippen LogP contribution in [0, 0.1) is 6.92 Å². The van der Waals surface area contributed by atoms with E-state index >= 15 is 0 Å². The number of rotatable bonds is 3. The van der Waals surface area contributed by atoms with Crippen LogP contribution in [0.5, 0.6) is 0 Å². The molecular formula is C19H18F2N8. The maximum Gasteiger partial charge on any atom is 0.251 e. The first-order valence-corrected chi connectivity index (χ1v) is 9.24. The number of hydrogen-bond donors (Lipinski definition) is 1. The van der Waals surface area contributed by atoms with Crippen molar-refractivity contribution in [1.29, 1.82) is 0 Å². The van der Waals surface area contributed by atoms with Gasteiger partial charge in [0, 0.05) is 19.9 Å². The standard InChI is InChI=1S/C19H18F2N8/c1-11-7-15-23-10-24-29(15)9-13(11)25-18-22-8-14-17(26-18)16(27-28(14)2)12-3-5-19(20,21)6-4-12/h3,7-10H,4-6H2,1-2H3,(H,22,25,26). The lowest BCUT2D eigenvalue weighted by atomic mass is 9.94. The van der Waals surface area contributed by atoms with Crippen LogP contribution in [0.2, 0.25) is 0 Å². The van der Waals surface area contributed by atoms with Crippen LogP contribution in [-0.2, 0) is 7.05 Å². The van der Waals surface area contributed by atoms with Crippen LogP contribution < -0.4 is 5.32 Å². The fraction of sp³-hybridized carbons (Fsp3) is 0.316. The van der Waals surface area contributed by atoms with E-state index < -0.39 is 5.92 Å². The van der Waals surface area contributed by atoms with Gasteiger partial charge < -0.3 is 5.32 Å². The van der Waals surface area contributed by atoms with Gasteiger partial charge in [-0.15, -0.1) is 0 Å². The Morgan fingerprint density at radius 1 is 1.24 bits per heavy atom. The Balaban J connectivity index is 1.54. The summed E-state index contributed by atoms with van der Waals surface area (Å²) < 4.78 is 30.4. The molecule has 0 saturated carbocycles. The number of pyridine rings is 1. The predicted octanol–water partition coefficient (Wildman–Crippen LogP) is 3.66. The Bertz CT molecular complexity index is 1270. The van der Waals surface area contributed by atoms with E-state index in [1.54, 1.807) is 28.5 Å². The maximum atomic E-state index is 13.5. The monoisotopic (exact) mass is 396 g/mol. The summed E-state index contributed by atoms with van der Waals surface area (Å²) in [5.41, 5.74) is 5.33. The number of halogens is 2. The van der Waals surface area contributed by atoms with Gasteiger partial charge >= 0.3 is 0 Å². The van der Waals surface area contributed by atoms with Crippen molar-refractivity contribution in [2.45, 2.75) is 32.1 Å². The van der Waals surface area contributed by atoms with Crippen molar-refractivity contribution in [3.05, 3.63) is 42.1 Å². The maximum absolute atomic E-state index is 13.5. The van der Waals surface area contributed by atoms with Crippen molar-refractivity contribution in [2.75, 3.05) is 5.32 Å². The van der Waals surface area contributed by atoms with Gasteiger partial charge in [0.15, 0.2) is 5.65 Å². The minimum Gasteiger partial charge on any atom is -0.323 e. The van der Waals surface area contributed by atoms with Crippen molar-refractivity contribution in [3.63, 3.8) is 0 Å². The second-order valence-corrected chi connectivity index (χ2v) is 7.25. The lowest BCUT2D eigenvalue weighted by molar-refractivity contribution is -0.00605. The quantitative estimate of drug-likeness (QED) is 0.569. The first kappa shape index (κ1) is 17.7. The van der Waals surface area contributed by atoms with E-state index in [1.165, 1.54) is 6.33 Å². The molecule has 4 aromatic rings. The van der Waals surface area contributed by atoms with Gasteiger partial charge in [-0.3, -0.25) is 4.68 Å². The first-order valence-electron chi connectivity index (χ1n) is 9.24. The van der Waals surface area contributed by atoms with Crippen molar-refractivity contribution in [1.82, 2.24) is 34.3 Å². The number of nitrogens with zero attached hydrogens (tertiary/aromatic N) is 7. The van der Waals surface area contributed by atoms with Gasteiger partial charge in [0.05, 0.1) is 18.1 Å². The average molecular weight is 396 g/mol. The van der Waals surface area contributed by atoms with Crippen LogP contribution in [0.15, 0.2) is 30.9 Å². The fourth-order valence-electron chi connectivity index (χ4n) is 3.53. The molecule has 0 spiro atoms. The molecule has 1 N–H and O–H groups in total. The second-order valence-electron chi connectivity index (χ2n) is 7.25. The molecule has 0 unspecified atom stereocenters. The molecule has 1 aliphatic rings. The number of fused-ring (bicyclic) bond motifs is 2. The third-order valence-corrected chi connectivity index (χ3v) is 5.17. The zero-order valence-corrected chi connectivity index (χ0v) is 15.9. The molecule has 0 bridgehead atoms. The first-order chi connectivity index (χ1) is 13.9. The lowest BCUT2D eigenvalue weighted by Crippen LogP contribution is -2.18. The molecule has 8 nitrogen and oxygen atoms in total. The molecule has 0 atom stereocenters. The smallest absolute Gasteiger partial charge is 0.251 e. The zero-order valence-electron chi connectivity index (χ0n) is 15.9. The molecular weight excluding hydrogens is 378 g/mol. The molecule has 148 valence electrons. The normalized spacial score (nSPS) is 16.3. The van der Waals surface area contributed by atoms with Crippen LogP contribution >= 0.6 is 0 Å². The SMILES string of the molecule is Cc1cc2ncnn2cc1Nc1ncc2c(n1)c(C1=CCC(F)(F)CC1)nn2C. The van der Waals surface area contributed by atoms with Gasteiger partial charge in [-0.2, -0.15) is 10.2 Å². The molecule has 1 aliphatic carbocycles. The Kier molecular flexibility index (Phi) is 3.83. The number of aryl methyl sites for hydroxylation is 2. The third kappa shape index (κ3) is 3.10. The van der Waals surface area contributed by atoms with Crippen molar-refractivity contribution >= 4 is 33.9 Å². The molecule has 5 rings (SSSR count). The molecule has 4 heterocycles. The van der Waals surface area contributed by atoms with E-state index in [0.29, 0.717) is 17.2 Å². The van der Waals surface area contributed by atoms with Gasteiger partial charge in [-0.05, 0) is 30.5 Å². The highest BCUT2D eigenvalue weighted by atomic mass is 19.3. The van der Waals surface area contributed by atoms with Gasteiger partial charge in [0.1, 0.15) is 23.1 Å². The zero-order chi connectivity index (χ0) is 20.2. The molecule has 0 aliphatic heterocycles. The van der Waals surface area contributed by atoms with Crippen LogP contribution in [-0.4, -0.2) is 40.3 Å². The van der Waals surface area contributed by atoms with Crippen LogP contribution in [0.4, 0.5) is 20.4 Å². The van der Waals surface area contributed by atoms with E-state index in [2.05, 4.69) is 30.5 Å². The summed E-state index contributed by atoms with van der Waals surface area (Å²) in [5, 5.41) is 11.9. The summed E-state index contributed by atoms with van der Waals surface area (Å²) >= 11 is 0. The van der Waals surface area contributed by atoms with Crippen molar-refractivity contribution in [3.8, 4) is 0 Å². The Labute approximate surface area is 164 Å². The summed E-state index contributed by atoms with van der Waals surface area (Å²) in [7, 11) is 1.79. The summed E-state index contributed by atoms with van der Waals surface area (Å²) in [6.07, 6.45) is 6.39. The van der Waals surface area contributed by atoms with E-state index in [-0.39, 0.29) is 19.3 Å². The van der Waals surface area contributed by atoms with E-state index in [0.717, 1.165) is 28.0 Å². The lowest BCUT2D eigenvalue weighted by Gasteiger charge is -2.20. The predicted molar refractivity (Wildman–Crippen MR) is 104 cm³/mol. The number of aromatic nitrogens is 7. The highest BCUT2D eigenvalue weighted by molar-refractivity contribution is 5.88. The topological polar surface area (TPSA) is 85.8 Å². The number of anilines is 2. The van der Waals surface area contributed by atoms with Crippen LogP contribution in [0.3, 0.4) is 0 Å². The number of allylic oxidation sites excluding steroid dienone is 2. The summed E-state index contributed by atoms with van der Waals surface area (Å²) in [5.74, 6) is -2.25. The summed E-state index contributed by atoms with van der Waals surface area (Å²) in [4.78, 5) is 13.2. The van der Waals surface area contributed by atoms with Gasteiger partial charge in [0.2, 0.25) is 5.95 Å². The molecule has 0 fully saturated rings. The molecule has 0 saturated heterocycles. The summed E-state index contributed by atoms with van der Waals surface area (Å²) in [6.45, 7) is 1.96. The highest BCUT2D eigenvalue weighted by Gasteiger charge is 2.32. The molecule has 0 amide bonds. The number of hydrogen-bond acceptors (Lipinski definition) is 6. The van der Waals surface area contributed by atoms with Gasteiger partial charge in [-0.25, -0.2) is 28.2 Å². The Morgan fingerprint density at radius 3 is 2.90 bits per heavy atom. The van der Waals surface area contributed by atoms with Crippen molar-refractivity contribution in [2.24, 2.45) is 7.05 Å². The fourth-order valence-corrected chi connectivity index (χ4v) is 3.53. The third-order valence-electron chi connectivity index (χ3n) is 5.17. The van der Waals surface area contributed by atoms with E-state index in [1.807, 2.05) is 19.2 Å². The highest BCUT2D eigenvalue weighted by Crippen LogP contribution is 2.37. The Hall–Kier alpha value is -3.43. The molecule has 29 heavy (non-hydrogen) atoms. The second kappa shape index (κ2) is 6.29. The molecule has 0 radical (unpaired) electrons. The largest absolute Gasteiger partial charge is 0.323 e. The molecule has 0 aromatic carbocycles. The Morgan fingerprint density at radius 2 is 2.10 bits per heavy atom. The minimum atomic E-state index is -2.65. The minimum absolute atomic E-state index is 0.176. The van der Waals surface area contributed by atoms with Gasteiger partial charge in [-0.1, -0.05) is 6.08 Å². The van der Waals surface area contributed by atoms with Crippen LogP contribution in [0.1, 0.15) is 30.5 Å². The summed E-state index contributed by atoms with van der Waals surface area (Å²) in [6, 6.07) is 1.91. The number of alkyl halides is 2. The van der Waals surface area contributed by atoms with E-state index in [4.69, 9.17) is 0 Å². The van der Waals surface area contributed by atoms with Gasteiger partial charge in [0.25, 0.3) is 5.92 Å². The van der Waals surface area contributed by atoms with Crippen LogP contribution in [0.25, 0.3) is 22.3 Å². The molecule has 4 aromatic heterocycles. The molecule has 10 heteroatoms. The van der Waals surface area contributed by atoms with E-state index in [9.17, 15) is 8.78 Å².